The van der Waals surface area contributed by atoms with Crippen LogP contribution in [0, 0.1) is 11.6 Å². The number of hydrogen-bond acceptors (Lipinski definition) is 3. The number of rotatable bonds is 3. The lowest BCUT2D eigenvalue weighted by Crippen LogP contribution is -2.21. The third-order valence-electron chi connectivity index (χ3n) is 3.67. The fourth-order valence-corrected chi connectivity index (χ4v) is 3.49. The van der Waals surface area contributed by atoms with Crippen LogP contribution in [-0.2, 0) is 17.5 Å². The van der Waals surface area contributed by atoms with Crippen LogP contribution in [0.25, 0.3) is 10.2 Å². The second-order valence-corrected chi connectivity index (χ2v) is 6.55. The summed E-state index contributed by atoms with van der Waals surface area (Å²) in [7, 11) is 0. The molecule has 0 unspecified atom stereocenters. The summed E-state index contributed by atoms with van der Waals surface area (Å²) >= 11 is 0.514. The van der Waals surface area contributed by atoms with Gasteiger partial charge in [-0.05, 0) is 30.3 Å². The normalized spacial score (nSPS) is 12.5. The Morgan fingerprint density at radius 2 is 1.86 bits per heavy atom. The third-order valence-corrected chi connectivity index (χ3v) is 4.76. The molecule has 1 heterocycles. The summed E-state index contributed by atoms with van der Waals surface area (Å²) in [6.45, 7) is -0.709. The number of nitrogens with zero attached hydrogens (tertiary/aromatic N) is 2. The van der Waals surface area contributed by atoms with Gasteiger partial charge in [0.1, 0.15) is 6.54 Å². The first-order valence-corrected chi connectivity index (χ1v) is 8.35. The number of carbonyl (C=O) groups is 2. The summed E-state index contributed by atoms with van der Waals surface area (Å²) in [6.07, 6.45) is -4.67. The fourth-order valence-electron chi connectivity index (χ4n) is 2.43. The number of carboxylic acid groups (broad SMARTS) is 1. The van der Waals surface area contributed by atoms with Gasteiger partial charge in [-0.25, -0.2) is 8.78 Å². The second-order valence-electron chi connectivity index (χ2n) is 5.57. The minimum absolute atomic E-state index is 0.0121. The molecule has 0 saturated heterocycles. The number of aromatic nitrogens is 1. The highest BCUT2D eigenvalue weighted by atomic mass is 32.1. The van der Waals surface area contributed by atoms with Gasteiger partial charge in [0.15, 0.2) is 16.4 Å². The third kappa shape index (κ3) is 3.79. The Bertz CT molecular complexity index is 1160. The zero-order valence-electron chi connectivity index (χ0n) is 13.6. The SMILES string of the molecule is O=C(O)Cn1c(=NC(=O)c2cccc(C(F)(F)F)c2)sc2c(F)c(F)ccc21. The first-order valence-electron chi connectivity index (χ1n) is 7.53. The summed E-state index contributed by atoms with van der Waals surface area (Å²) in [6, 6.07) is 5.43. The van der Waals surface area contributed by atoms with E-state index in [9.17, 15) is 31.5 Å². The molecule has 146 valence electrons. The number of halogens is 5. The second kappa shape index (κ2) is 7.15. The maximum Gasteiger partial charge on any atom is 0.416 e. The van der Waals surface area contributed by atoms with Crippen LogP contribution in [0.2, 0.25) is 0 Å². The van der Waals surface area contributed by atoms with Gasteiger partial charge in [0.2, 0.25) is 0 Å². The minimum Gasteiger partial charge on any atom is -0.480 e. The van der Waals surface area contributed by atoms with Gasteiger partial charge >= 0.3 is 12.1 Å². The molecule has 3 rings (SSSR count). The summed E-state index contributed by atoms with van der Waals surface area (Å²) < 4.78 is 66.5. The van der Waals surface area contributed by atoms with Crippen LogP contribution in [-0.4, -0.2) is 21.6 Å². The quantitative estimate of drug-likeness (QED) is 0.660. The minimum atomic E-state index is -4.67. The Kier molecular flexibility index (Phi) is 5.02. The molecule has 2 aromatic carbocycles. The van der Waals surface area contributed by atoms with E-state index in [1.165, 1.54) is 0 Å². The van der Waals surface area contributed by atoms with Gasteiger partial charge in [0.25, 0.3) is 5.91 Å². The molecule has 3 aromatic rings. The standard InChI is InChI=1S/C17H9F5N2O3S/c18-10-4-5-11-14(13(10)19)28-16(24(11)7-12(25)26)23-15(27)8-2-1-3-9(6-8)17(20,21)22/h1-6H,7H2,(H,25,26). The number of carboxylic acids is 1. The summed E-state index contributed by atoms with van der Waals surface area (Å²) in [5, 5.41) is 9.03. The van der Waals surface area contributed by atoms with Crippen molar-refractivity contribution in [2.45, 2.75) is 12.7 Å². The molecule has 0 saturated carbocycles. The number of aliphatic carboxylic acids is 1. The van der Waals surface area contributed by atoms with Crippen molar-refractivity contribution in [2.24, 2.45) is 4.99 Å². The van der Waals surface area contributed by atoms with Crippen molar-refractivity contribution in [3.8, 4) is 0 Å². The van der Waals surface area contributed by atoms with Crippen LogP contribution >= 0.6 is 11.3 Å². The van der Waals surface area contributed by atoms with Crippen LogP contribution in [0.4, 0.5) is 22.0 Å². The Labute approximate surface area is 157 Å². The lowest BCUT2D eigenvalue weighted by molar-refractivity contribution is -0.138. The Morgan fingerprint density at radius 1 is 1.14 bits per heavy atom. The van der Waals surface area contributed by atoms with Crippen molar-refractivity contribution in [3.05, 3.63) is 64.0 Å². The molecule has 0 aliphatic carbocycles. The smallest absolute Gasteiger partial charge is 0.416 e. The molecular formula is C17H9F5N2O3S. The molecule has 0 bridgehead atoms. The zero-order valence-corrected chi connectivity index (χ0v) is 14.4. The molecule has 0 fully saturated rings. The van der Waals surface area contributed by atoms with Gasteiger partial charge in [0.05, 0.1) is 15.8 Å². The van der Waals surface area contributed by atoms with E-state index in [-0.39, 0.29) is 20.6 Å². The molecule has 1 N–H and O–H groups in total. The maximum absolute atomic E-state index is 14.0. The molecule has 0 radical (unpaired) electrons. The van der Waals surface area contributed by atoms with Gasteiger partial charge in [-0.1, -0.05) is 17.4 Å². The molecule has 0 atom stereocenters. The van der Waals surface area contributed by atoms with Crippen molar-refractivity contribution in [2.75, 3.05) is 0 Å². The maximum atomic E-state index is 14.0. The van der Waals surface area contributed by atoms with E-state index in [1.807, 2.05) is 0 Å². The van der Waals surface area contributed by atoms with Crippen LogP contribution in [0.3, 0.4) is 0 Å². The van der Waals surface area contributed by atoms with Gasteiger partial charge in [-0.15, -0.1) is 0 Å². The first-order chi connectivity index (χ1) is 13.1. The number of fused-ring (bicyclic) bond motifs is 1. The van der Waals surface area contributed by atoms with Gasteiger partial charge in [0, 0.05) is 5.56 Å². The molecule has 0 aliphatic heterocycles. The predicted octanol–water partition coefficient (Wildman–Crippen LogP) is 3.83. The monoisotopic (exact) mass is 416 g/mol. The molecular weight excluding hydrogens is 407 g/mol. The van der Waals surface area contributed by atoms with Crippen molar-refractivity contribution in [3.63, 3.8) is 0 Å². The first kappa shape index (κ1) is 19.7. The predicted molar refractivity (Wildman–Crippen MR) is 88.7 cm³/mol. The van der Waals surface area contributed by atoms with Crippen molar-refractivity contribution < 1.29 is 36.6 Å². The van der Waals surface area contributed by atoms with E-state index in [0.717, 1.165) is 34.9 Å². The summed E-state index contributed by atoms with van der Waals surface area (Å²) in [5.41, 5.74) is -1.46. The molecule has 11 heteroatoms. The number of benzene rings is 2. The van der Waals surface area contributed by atoms with E-state index in [2.05, 4.69) is 4.99 Å². The van der Waals surface area contributed by atoms with Crippen LogP contribution < -0.4 is 4.80 Å². The average Bonchev–Trinajstić information content (AvgIpc) is 2.95. The van der Waals surface area contributed by atoms with E-state index < -0.39 is 41.8 Å². The Morgan fingerprint density at radius 3 is 2.50 bits per heavy atom. The number of amides is 1. The number of alkyl halides is 3. The van der Waals surface area contributed by atoms with Crippen LogP contribution in [0.1, 0.15) is 15.9 Å². The van der Waals surface area contributed by atoms with E-state index in [4.69, 9.17) is 5.11 Å². The Balaban J connectivity index is 2.17. The van der Waals surface area contributed by atoms with Crippen LogP contribution in [0.5, 0.6) is 0 Å². The van der Waals surface area contributed by atoms with Crippen molar-refractivity contribution in [1.29, 1.82) is 0 Å². The topological polar surface area (TPSA) is 71.7 Å². The molecule has 1 amide bonds. The van der Waals surface area contributed by atoms with E-state index in [1.54, 1.807) is 0 Å². The number of carbonyl (C=O) groups excluding carboxylic acids is 1. The highest BCUT2D eigenvalue weighted by Gasteiger charge is 2.31. The van der Waals surface area contributed by atoms with Crippen molar-refractivity contribution in [1.82, 2.24) is 4.57 Å². The molecule has 0 aliphatic rings. The molecule has 0 spiro atoms. The van der Waals surface area contributed by atoms with Gasteiger partial charge in [-0.2, -0.15) is 18.2 Å². The number of thiazole rings is 1. The van der Waals surface area contributed by atoms with Gasteiger partial charge in [-0.3, -0.25) is 9.59 Å². The molecule has 1 aromatic heterocycles. The average molecular weight is 416 g/mol. The molecule has 28 heavy (non-hydrogen) atoms. The molecule has 5 nitrogen and oxygen atoms in total. The van der Waals surface area contributed by atoms with E-state index >= 15 is 0 Å². The summed E-state index contributed by atoms with van der Waals surface area (Å²) in [5.74, 6) is -4.84. The van der Waals surface area contributed by atoms with E-state index in [0.29, 0.717) is 17.4 Å². The largest absolute Gasteiger partial charge is 0.480 e. The summed E-state index contributed by atoms with van der Waals surface area (Å²) in [4.78, 5) is 26.7. The van der Waals surface area contributed by atoms with Crippen molar-refractivity contribution >= 4 is 33.4 Å². The lowest BCUT2D eigenvalue weighted by atomic mass is 10.1. The van der Waals surface area contributed by atoms with Crippen LogP contribution in [0.15, 0.2) is 41.4 Å². The van der Waals surface area contributed by atoms with Gasteiger partial charge < -0.3 is 9.67 Å². The fraction of sp³-hybridized carbons (Fsp3) is 0.118. The highest BCUT2D eigenvalue weighted by Crippen LogP contribution is 2.29. The lowest BCUT2D eigenvalue weighted by Gasteiger charge is -2.06. The number of hydrogen-bond donors (Lipinski definition) is 1. The highest BCUT2D eigenvalue weighted by molar-refractivity contribution is 7.16. The Hall–Kier alpha value is -3.08. The zero-order chi connectivity index (χ0) is 20.6.